The van der Waals surface area contributed by atoms with Crippen molar-refractivity contribution < 1.29 is 5.11 Å². The monoisotopic (exact) mass is 159 g/mol. The van der Waals surface area contributed by atoms with E-state index in [1.807, 2.05) is 6.92 Å². The molecule has 0 aliphatic heterocycles. The standard InChI is InChI=1S/C9H21NO/c1-7(2)8(3)5-10-9(4)6-11/h7-11H,5-6H2,1-4H3. The highest BCUT2D eigenvalue weighted by molar-refractivity contribution is 4.64. The molecule has 0 saturated carbocycles. The Hall–Kier alpha value is -0.0800. The van der Waals surface area contributed by atoms with Gasteiger partial charge in [0.2, 0.25) is 0 Å². The Kier molecular flexibility index (Phi) is 5.51. The molecule has 68 valence electrons. The van der Waals surface area contributed by atoms with Crippen LogP contribution < -0.4 is 5.32 Å². The summed E-state index contributed by atoms with van der Waals surface area (Å²) in [6.45, 7) is 9.88. The van der Waals surface area contributed by atoms with Crippen molar-refractivity contribution in [2.75, 3.05) is 13.2 Å². The van der Waals surface area contributed by atoms with Gasteiger partial charge in [-0.25, -0.2) is 0 Å². The minimum Gasteiger partial charge on any atom is -0.395 e. The van der Waals surface area contributed by atoms with Gasteiger partial charge in [0.15, 0.2) is 0 Å². The quantitative estimate of drug-likeness (QED) is 0.633. The maximum absolute atomic E-state index is 8.72. The molecule has 2 unspecified atom stereocenters. The summed E-state index contributed by atoms with van der Waals surface area (Å²) in [5.41, 5.74) is 0. The highest BCUT2D eigenvalue weighted by atomic mass is 16.3. The molecule has 11 heavy (non-hydrogen) atoms. The first-order valence-corrected chi connectivity index (χ1v) is 4.42. The number of aliphatic hydroxyl groups excluding tert-OH is 1. The highest BCUT2D eigenvalue weighted by Crippen LogP contribution is 2.07. The lowest BCUT2D eigenvalue weighted by molar-refractivity contribution is 0.242. The Morgan fingerprint density at radius 1 is 1.18 bits per heavy atom. The van der Waals surface area contributed by atoms with Crippen molar-refractivity contribution >= 4 is 0 Å². The Bertz CT molecular complexity index is 93.6. The molecule has 0 bridgehead atoms. The van der Waals surface area contributed by atoms with Crippen LogP contribution in [0.15, 0.2) is 0 Å². The summed E-state index contributed by atoms with van der Waals surface area (Å²) in [6, 6.07) is 0.233. The smallest absolute Gasteiger partial charge is 0.0581 e. The van der Waals surface area contributed by atoms with Crippen LogP contribution >= 0.6 is 0 Å². The summed E-state index contributed by atoms with van der Waals surface area (Å²) in [7, 11) is 0. The molecular weight excluding hydrogens is 138 g/mol. The highest BCUT2D eigenvalue weighted by Gasteiger charge is 2.07. The summed E-state index contributed by atoms with van der Waals surface area (Å²) >= 11 is 0. The van der Waals surface area contributed by atoms with Crippen molar-refractivity contribution in [3.8, 4) is 0 Å². The zero-order chi connectivity index (χ0) is 8.85. The lowest BCUT2D eigenvalue weighted by Gasteiger charge is -2.18. The first kappa shape index (κ1) is 10.9. The minimum atomic E-state index is 0.227. The fraction of sp³-hybridized carbons (Fsp3) is 1.00. The van der Waals surface area contributed by atoms with Gasteiger partial charge in [-0.05, 0) is 25.3 Å². The van der Waals surface area contributed by atoms with Crippen LogP contribution in [0, 0.1) is 11.8 Å². The third-order valence-corrected chi connectivity index (χ3v) is 2.20. The van der Waals surface area contributed by atoms with Crippen LogP contribution in [0.4, 0.5) is 0 Å². The Morgan fingerprint density at radius 2 is 1.73 bits per heavy atom. The van der Waals surface area contributed by atoms with E-state index in [1.54, 1.807) is 0 Å². The first-order chi connectivity index (χ1) is 5.07. The number of aliphatic hydroxyl groups is 1. The van der Waals surface area contributed by atoms with Gasteiger partial charge in [0.25, 0.3) is 0 Å². The van der Waals surface area contributed by atoms with Crippen molar-refractivity contribution in [3.63, 3.8) is 0 Å². The average molecular weight is 159 g/mol. The van der Waals surface area contributed by atoms with Crippen LogP contribution in [-0.2, 0) is 0 Å². The molecule has 0 aromatic heterocycles. The van der Waals surface area contributed by atoms with Gasteiger partial charge in [-0.3, -0.25) is 0 Å². The fourth-order valence-corrected chi connectivity index (χ4v) is 0.687. The van der Waals surface area contributed by atoms with Crippen molar-refractivity contribution in [2.45, 2.75) is 33.7 Å². The lowest BCUT2D eigenvalue weighted by Crippen LogP contribution is -2.34. The zero-order valence-corrected chi connectivity index (χ0v) is 8.09. The SMILES string of the molecule is CC(CO)NCC(C)C(C)C. The van der Waals surface area contributed by atoms with Gasteiger partial charge in [0.1, 0.15) is 0 Å². The topological polar surface area (TPSA) is 32.3 Å². The normalized spacial score (nSPS) is 16.9. The summed E-state index contributed by atoms with van der Waals surface area (Å²) < 4.78 is 0. The third kappa shape index (κ3) is 5.22. The molecule has 2 atom stereocenters. The molecule has 2 nitrogen and oxygen atoms in total. The fourth-order valence-electron chi connectivity index (χ4n) is 0.687. The van der Waals surface area contributed by atoms with Gasteiger partial charge in [-0.15, -0.1) is 0 Å². The lowest BCUT2D eigenvalue weighted by atomic mass is 9.98. The van der Waals surface area contributed by atoms with Crippen LogP contribution in [0.25, 0.3) is 0 Å². The van der Waals surface area contributed by atoms with E-state index in [2.05, 4.69) is 26.1 Å². The molecule has 2 heteroatoms. The van der Waals surface area contributed by atoms with Crippen LogP contribution in [0.2, 0.25) is 0 Å². The van der Waals surface area contributed by atoms with Crippen molar-refractivity contribution in [2.24, 2.45) is 11.8 Å². The van der Waals surface area contributed by atoms with Crippen LogP contribution in [0.1, 0.15) is 27.7 Å². The van der Waals surface area contributed by atoms with E-state index in [4.69, 9.17) is 5.11 Å². The molecule has 0 rings (SSSR count). The second kappa shape index (κ2) is 5.56. The van der Waals surface area contributed by atoms with Gasteiger partial charge in [0, 0.05) is 6.04 Å². The summed E-state index contributed by atoms with van der Waals surface area (Å²) in [4.78, 5) is 0. The molecule has 0 amide bonds. The first-order valence-electron chi connectivity index (χ1n) is 4.42. The van der Waals surface area contributed by atoms with Gasteiger partial charge in [-0.1, -0.05) is 20.8 Å². The van der Waals surface area contributed by atoms with Gasteiger partial charge < -0.3 is 10.4 Å². The van der Waals surface area contributed by atoms with Gasteiger partial charge in [0.05, 0.1) is 6.61 Å². The van der Waals surface area contributed by atoms with E-state index in [0.717, 1.165) is 6.54 Å². The van der Waals surface area contributed by atoms with Crippen LogP contribution in [0.5, 0.6) is 0 Å². The second-order valence-corrected chi connectivity index (χ2v) is 3.71. The second-order valence-electron chi connectivity index (χ2n) is 3.71. The predicted molar refractivity (Wildman–Crippen MR) is 48.6 cm³/mol. The molecular formula is C9H21NO. The molecule has 0 heterocycles. The van der Waals surface area contributed by atoms with E-state index in [0.29, 0.717) is 11.8 Å². The average Bonchev–Trinajstić information content (AvgIpc) is 1.99. The zero-order valence-electron chi connectivity index (χ0n) is 8.09. The molecule has 0 aromatic rings. The van der Waals surface area contributed by atoms with Crippen LogP contribution in [0.3, 0.4) is 0 Å². The third-order valence-electron chi connectivity index (χ3n) is 2.20. The van der Waals surface area contributed by atoms with Crippen molar-refractivity contribution in [1.29, 1.82) is 0 Å². The van der Waals surface area contributed by atoms with E-state index in [-0.39, 0.29) is 12.6 Å². The largest absolute Gasteiger partial charge is 0.395 e. The molecule has 0 fully saturated rings. The van der Waals surface area contributed by atoms with E-state index >= 15 is 0 Å². The Morgan fingerprint density at radius 3 is 2.09 bits per heavy atom. The maximum Gasteiger partial charge on any atom is 0.0581 e. The number of hydrogen-bond acceptors (Lipinski definition) is 2. The Balaban J connectivity index is 3.37. The Labute approximate surface area is 70.0 Å². The molecule has 0 aromatic carbocycles. The summed E-state index contributed by atoms with van der Waals surface area (Å²) in [5, 5.41) is 12.0. The number of nitrogens with one attached hydrogen (secondary N) is 1. The minimum absolute atomic E-state index is 0.227. The number of rotatable bonds is 5. The molecule has 0 radical (unpaired) electrons. The van der Waals surface area contributed by atoms with Crippen molar-refractivity contribution in [3.05, 3.63) is 0 Å². The summed E-state index contributed by atoms with van der Waals surface area (Å²) in [6.07, 6.45) is 0. The molecule has 2 N–H and O–H groups in total. The van der Waals surface area contributed by atoms with Gasteiger partial charge >= 0.3 is 0 Å². The molecule has 0 saturated heterocycles. The predicted octanol–water partition coefficient (Wildman–Crippen LogP) is 1.25. The maximum atomic E-state index is 8.72. The van der Waals surface area contributed by atoms with E-state index < -0.39 is 0 Å². The molecule has 0 aliphatic carbocycles. The molecule has 0 aliphatic rings. The molecule has 0 spiro atoms. The van der Waals surface area contributed by atoms with E-state index in [1.165, 1.54) is 0 Å². The van der Waals surface area contributed by atoms with E-state index in [9.17, 15) is 0 Å². The van der Waals surface area contributed by atoms with Crippen molar-refractivity contribution in [1.82, 2.24) is 5.32 Å². The summed E-state index contributed by atoms with van der Waals surface area (Å²) in [5.74, 6) is 1.40. The van der Waals surface area contributed by atoms with Gasteiger partial charge in [-0.2, -0.15) is 0 Å². The number of hydrogen-bond donors (Lipinski definition) is 2. The van der Waals surface area contributed by atoms with Crippen LogP contribution in [-0.4, -0.2) is 24.3 Å².